The molecule has 33 nitrogen and oxygen atoms in total. The average Bonchev–Trinajstić information content (AvgIpc) is 3.22. The van der Waals surface area contributed by atoms with E-state index in [0.717, 1.165) is 0 Å². The number of nitro groups is 2. The predicted molar refractivity (Wildman–Crippen MR) is 233 cm³/mol. The minimum atomic E-state index is -5.64. The molecule has 39 heteroatoms. The number of fused-ring (bicyclic) bond motifs is 2. The van der Waals surface area contributed by atoms with Crippen LogP contribution < -0.4 is 5.73 Å². The summed E-state index contributed by atoms with van der Waals surface area (Å²) < 4.78 is 208. The molecule has 0 aromatic heterocycles. The van der Waals surface area contributed by atoms with E-state index in [0.29, 0.717) is 60.7 Å². The first-order valence-corrected chi connectivity index (χ1v) is 26.2. The summed E-state index contributed by atoms with van der Waals surface area (Å²) in [5.74, 6) is -2.94. The molecule has 0 fully saturated rings. The molecule has 0 spiro atoms. The van der Waals surface area contributed by atoms with Gasteiger partial charge in [0, 0.05) is 35.0 Å². The van der Waals surface area contributed by atoms with Crippen molar-refractivity contribution in [2.24, 2.45) is 30.7 Å². The molecule has 0 saturated heterocycles. The van der Waals surface area contributed by atoms with E-state index < -0.39 is 184 Å². The number of rotatable bonds is 14. The first kappa shape index (κ1) is 52.7. The van der Waals surface area contributed by atoms with Gasteiger partial charge in [0.2, 0.25) is 0 Å². The van der Waals surface area contributed by atoms with Crippen LogP contribution in [0.3, 0.4) is 0 Å². The zero-order chi connectivity index (χ0) is 53.3. The van der Waals surface area contributed by atoms with Crippen LogP contribution in [0.2, 0.25) is 0 Å². The largest absolute Gasteiger partial charge is 0.505 e. The Labute approximate surface area is 393 Å². The summed E-state index contributed by atoms with van der Waals surface area (Å²) in [6.07, 6.45) is 0. The third-order valence-corrected chi connectivity index (χ3v) is 14.4. The second kappa shape index (κ2) is 17.9. The molecule has 0 aliphatic carbocycles. The number of phenols is 2. The Morgan fingerprint density at radius 2 is 0.803 bits per heavy atom. The van der Waals surface area contributed by atoms with E-state index in [1.54, 1.807) is 0 Å². The first-order chi connectivity index (χ1) is 32.4. The number of nitro benzene ring substituents is 2. The van der Waals surface area contributed by atoms with Crippen molar-refractivity contribution in [3.05, 3.63) is 87.0 Å². The molecule has 6 rings (SSSR count). The number of nitrogens with zero attached hydrogens (tertiary/aromatic N) is 8. The maximum absolute atomic E-state index is 12.7. The number of benzene rings is 6. The highest BCUT2D eigenvalue weighted by Crippen LogP contribution is 2.50. The van der Waals surface area contributed by atoms with E-state index in [1.165, 1.54) is 0 Å². The molecule has 0 aliphatic heterocycles. The van der Waals surface area contributed by atoms with Crippen molar-refractivity contribution in [3.63, 3.8) is 0 Å². The normalized spacial score (nSPS) is 13.3. The lowest BCUT2D eigenvalue weighted by atomic mass is 10.1. The molecule has 6 aromatic carbocycles. The highest BCUT2D eigenvalue weighted by Gasteiger charge is 2.31. The highest BCUT2D eigenvalue weighted by molar-refractivity contribution is 7.87. The summed E-state index contributed by atoms with van der Waals surface area (Å²) in [5, 5.41) is 62.4. The SMILES string of the molecule is Nc1c(N=Nc2cc(S(=O)(=O)O)c3cc(S(=O)(=O)O)c(N=Nc4ccc([N+](=O)[O-])cc4S(=O)(=O)O)c(O)c3c2)c(S(=O)(=O)O)cc2cc(S(=O)(=O)O)c(N=Nc3ccc([N+](=O)[O-])cc3S(=O)(=O)O)c(O)c12. The van der Waals surface area contributed by atoms with E-state index in [4.69, 9.17) is 5.73 Å². The minimum absolute atomic E-state index is 0.282. The molecule has 10 N–H and O–H groups in total. The van der Waals surface area contributed by atoms with Crippen LogP contribution in [0, 0.1) is 20.2 Å². The van der Waals surface area contributed by atoms with E-state index in [2.05, 4.69) is 30.7 Å². The van der Waals surface area contributed by atoms with Crippen LogP contribution in [0.25, 0.3) is 21.5 Å². The van der Waals surface area contributed by atoms with Gasteiger partial charge >= 0.3 is 0 Å². The number of non-ortho nitro benzene ring substituents is 2. The number of nitrogen functional groups attached to an aromatic ring is 1. The van der Waals surface area contributed by atoms with Gasteiger partial charge < -0.3 is 15.9 Å². The Hall–Kier alpha value is -7.70. The number of anilines is 1. The van der Waals surface area contributed by atoms with E-state index in [1.807, 2.05) is 0 Å². The van der Waals surface area contributed by atoms with Crippen LogP contribution in [-0.2, 0) is 60.7 Å². The maximum Gasteiger partial charge on any atom is 0.297 e. The van der Waals surface area contributed by atoms with E-state index in [-0.39, 0.29) is 6.07 Å². The summed E-state index contributed by atoms with van der Waals surface area (Å²) in [6.45, 7) is 0. The first-order valence-electron chi connectivity index (χ1n) is 17.5. The van der Waals surface area contributed by atoms with Gasteiger partial charge in [-0.2, -0.15) is 55.6 Å². The van der Waals surface area contributed by atoms with Gasteiger partial charge in [-0.05, 0) is 47.9 Å². The van der Waals surface area contributed by atoms with Gasteiger partial charge in [0.05, 0.1) is 26.6 Å². The van der Waals surface area contributed by atoms with Crippen LogP contribution in [0.15, 0.2) is 127 Å². The molecule has 0 bridgehead atoms. The van der Waals surface area contributed by atoms with Gasteiger partial charge in [-0.15, -0.1) is 25.6 Å². The number of hydrogen-bond donors (Lipinski definition) is 9. The van der Waals surface area contributed by atoms with Crippen LogP contribution in [0.5, 0.6) is 11.5 Å². The molecule has 0 aliphatic rings. The van der Waals surface area contributed by atoms with Crippen LogP contribution in [-0.4, -0.2) is 97.9 Å². The molecule has 71 heavy (non-hydrogen) atoms. The average molecular weight is 1110 g/mol. The summed E-state index contributed by atoms with van der Waals surface area (Å²) in [5.41, 5.74) is -3.42. The monoisotopic (exact) mass is 1110 g/mol. The Bertz CT molecular complexity index is 4210. The summed E-state index contributed by atoms with van der Waals surface area (Å²) in [7, 11) is -33.1. The highest BCUT2D eigenvalue weighted by atomic mass is 32.2. The summed E-state index contributed by atoms with van der Waals surface area (Å²) in [6, 6.07) is 5.13. The summed E-state index contributed by atoms with van der Waals surface area (Å²) in [4.78, 5) is 12.0. The maximum atomic E-state index is 12.7. The Morgan fingerprint density at radius 1 is 0.423 bits per heavy atom. The van der Waals surface area contributed by atoms with Crippen LogP contribution >= 0.6 is 0 Å². The zero-order valence-electron chi connectivity index (χ0n) is 33.6. The lowest BCUT2D eigenvalue weighted by Gasteiger charge is -2.14. The van der Waals surface area contributed by atoms with Crippen molar-refractivity contribution in [3.8, 4) is 11.5 Å². The Balaban J connectivity index is 1.62. The fourth-order valence-electron chi connectivity index (χ4n) is 6.20. The van der Waals surface area contributed by atoms with Crippen molar-refractivity contribution in [1.82, 2.24) is 0 Å². The molecule has 0 saturated carbocycles. The topological polar surface area (TPSA) is 553 Å². The van der Waals surface area contributed by atoms with E-state index in [9.17, 15) is 108 Å². The second-order valence-electron chi connectivity index (χ2n) is 13.7. The lowest BCUT2D eigenvalue weighted by molar-refractivity contribution is -0.385. The number of nitrogens with two attached hydrogens (primary N) is 1. The number of aromatic hydroxyl groups is 2. The van der Waals surface area contributed by atoms with Crippen molar-refractivity contribution in [2.45, 2.75) is 29.4 Å². The van der Waals surface area contributed by atoms with Crippen LogP contribution in [0.1, 0.15) is 0 Å². The van der Waals surface area contributed by atoms with Crippen molar-refractivity contribution in [2.75, 3.05) is 5.73 Å². The van der Waals surface area contributed by atoms with Gasteiger partial charge in [0.15, 0.2) is 11.5 Å². The Kier molecular flexibility index (Phi) is 13.3. The quantitative estimate of drug-likeness (QED) is 0.0213. The van der Waals surface area contributed by atoms with Gasteiger partial charge in [0.1, 0.15) is 57.8 Å². The zero-order valence-corrected chi connectivity index (χ0v) is 38.5. The third kappa shape index (κ3) is 10.7. The smallest absolute Gasteiger partial charge is 0.297 e. The van der Waals surface area contributed by atoms with E-state index >= 15 is 0 Å². The molecular formula is C32H21N9O24S6. The molecule has 0 heterocycles. The lowest BCUT2D eigenvalue weighted by Crippen LogP contribution is -2.04. The standard InChI is InChI=1S/C32H21N9O24S6/c33-27-26-12(6-24(70(60,61)62)30(32(26)43)39-36-19-4-2-15(41(46)47)10-22(19)68(54,55)56)5-23(69(57,58)59)28(27)37-34-13-7-17-16(20(8-13)66(48,49)50)11-25(71(63,64)65)29(31(17)42)38-35-18-3-1-14(40(44)45)9-21(18)67(51,52)53/h1-11,42-43H,33H2,(H,48,49,50)(H,51,52,53)(H,54,55,56)(H,57,58,59)(H,60,61,62)(H,63,64,65). The van der Waals surface area contributed by atoms with Gasteiger partial charge in [-0.25, -0.2) is 0 Å². The molecule has 0 unspecified atom stereocenters. The minimum Gasteiger partial charge on any atom is -0.505 e. The fourth-order valence-corrected chi connectivity index (χ4v) is 10.2. The van der Waals surface area contributed by atoms with Crippen molar-refractivity contribution in [1.29, 1.82) is 0 Å². The third-order valence-electron chi connectivity index (χ3n) is 9.19. The Morgan fingerprint density at radius 3 is 1.21 bits per heavy atom. The van der Waals surface area contributed by atoms with Crippen molar-refractivity contribution >= 4 is 133 Å². The molecule has 0 amide bonds. The number of hydrogen-bond acceptors (Lipinski definition) is 25. The van der Waals surface area contributed by atoms with Crippen molar-refractivity contribution < 1.29 is 97.9 Å². The second-order valence-corrected chi connectivity index (χ2v) is 22.0. The number of azo groups is 3. The van der Waals surface area contributed by atoms with Gasteiger partial charge in [-0.1, -0.05) is 0 Å². The summed E-state index contributed by atoms with van der Waals surface area (Å²) >= 11 is 0. The number of phenolic OH excluding ortho intramolecular Hbond substituents is 2. The molecule has 374 valence electrons. The van der Waals surface area contributed by atoms with Gasteiger partial charge in [0.25, 0.3) is 72.1 Å². The molecule has 6 aromatic rings. The molecule has 0 radical (unpaired) electrons. The predicted octanol–water partition coefficient (Wildman–Crippen LogP) is 5.53. The molecular weight excluding hydrogens is 1090 g/mol. The van der Waals surface area contributed by atoms with Crippen LogP contribution in [0.4, 0.5) is 51.2 Å². The fraction of sp³-hybridized carbons (Fsp3) is 0. The van der Waals surface area contributed by atoms with Gasteiger partial charge in [-0.3, -0.25) is 47.5 Å². The molecule has 0 atom stereocenters.